The van der Waals surface area contributed by atoms with E-state index in [4.69, 9.17) is 5.73 Å². The summed E-state index contributed by atoms with van der Waals surface area (Å²) in [5, 5.41) is 0. The van der Waals surface area contributed by atoms with E-state index in [2.05, 4.69) is 4.74 Å². The van der Waals surface area contributed by atoms with Crippen molar-refractivity contribution in [2.75, 3.05) is 26.2 Å². The quantitative estimate of drug-likeness (QED) is 0.835. The Morgan fingerprint density at radius 1 is 1.07 bits per heavy atom. The van der Waals surface area contributed by atoms with Gasteiger partial charge in [-0.2, -0.15) is 8.78 Å². The third-order valence-electron chi connectivity index (χ3n) is 5.03. The molecule has 27 heavy (non-hydrogen) atoms. The lowest BCUT2D eigenvalue weighted by Gasteiger charge is -2.36. The van der Waals surface area contributed by atoms with Crippen LogP contribution in [0.15, 0.2) is 24.3 Å². The Kier molecular flexibility index (Phi) is 7.38. The lowest BCUT2D eigenvalue weighted by atomic mass is 10.1. The van der Waals surface area contributed by atoms with Crippen LogP contribution in [0.5, 0.6) is 5.75 Å². The average molecular weight is 404 g/mol. The first-order valence-electron chi connectivity index (χ1n) is 8.83. The molecule has 0 radical (unpaired) electrons. The largest absolute Gasteiger partial charge is 0.434 e. The van der Waals surface area contributed by atoms with Crippen molar-refractivity contribution in [2.24, 2.45) is 11.7 Å². The zero-order valence-electron chi connectivity index (χ0n) is 14.9. The monoisotopic (exact) mass is 403 g/mol. The number of benzene rings is 1. The highest BCUT2D eigenvalue weighted by Crippen LogP contribution is 2.27. The number of hydrogen-bond acceptors (Lipinski definition) is 4. The van der Waals surface area contributed by atoms with Gasteiger partial charge in [0.05, 0.1) is 5.56 Å². The molecule has 2 amide bonds. The maximum absolute atomic E-state index is 12.7. The average Bonchev–Trinajstić information content (AvgIpc) is 3.07. The molecular weight excluding hydrogens is 380 g/mol. The van der Waals surface area contributed by atoms with Crippen molar-refractivity contribution in [3.63, 3.8) is 0 Å². The van der Waals surface area contributed by atoms with Gasteiger partial charge in [-0.3, -0.25) is 9.59 Å². The van der Waals surface area contributed by atoms with Crippen molar-refractivity contribution < 1.29 is 23.1 Å². The van der Waals surface area contributed by atoms with E-state index in [9.17, 15) is 18.4 Å². The summed E-state index contributed by atoms with van der Waals surface area (Å²) in [6.45, 7) is -1.38. The number of ether oxygens (including phenoxy) is 1. The second-order valence-corrected chi connectivity index (χ2v) is 6.76. The van der Waals surface area contributed by atoms with Crippen molar-refractivity contribution in [2.45, 2.75) is 31.9 Å². The highest BCUT2D eigenvalue weighted by atomic mass is 35.5. The Morgan fingerprint density at radius 2 is 1.70 bits per heavy atom. The van der Waals surface area contributed by atoms with E-state index in [1.807, 2.05) is 0 Å². The summed E-state index contributed by atoms with van der Waals surface area (Å²) in [6.07, 6.45) is 2.41. The van der Waals surface area contributed by atoms with Crippen LogP contribution in [-0.4, -0.2) is 60.4 Å². The number of nitrogens with two attached hydrogens (primary N) is 1. The van der Waals surface area contributed by atoms with Crippen molar-refractivity contribution in [1.29, 1.82) is 0 Å². The van der Waals surface area contributed by atoms with E-state index in [0.29, 0.717) is 26.2 Å². The highest BCUT2D eigenvalue weighted by Gasteiger charge is 2.33. The van der Waals surface area contributed by atoms with Crippen molar-refractivity contribution >= 4 is 24.2 Å². The second kappa shape index (κ2) is 9.32. The molecule has 1 aliphatic heterocycles. The fourth-order valence-corrected chi connectivity index (χ4v) is 3.64. The van der Waals surface area contributed by atoms with Crippen LogP contribution in [0.25, 0.3) is 0 Å². The molecule has 0 spiro atoms. The number of alkyl halides is 2. The molecule has 2 N–H and O–H groups in total. The normalized spacial score (nSPS) is 22.5. The zero-order valence-corrected chi connectivity index (χ0v) is 15.7. The van der Waals surface area contributed by atoms with Gasteiger partial charge in [0.1, 0.15) is 5.75 Å². The first-order chi connectivity index (χ1) is 12.5. The summed E-state index contributed by atoms with van der Waals surface area (Å²) in [4.78, 5) is 28.5. The van der Waals surface area contributed by atoms with Crippen LogP contribution in [0, 0.1) is 5.92 Å². The Bertz CT molecular complexity index is 669. The molecule has 1 aliphatic carbocycles. The predicted molar refractivity (Wildman–Crippen MR) is 98.1 cm³/mol. The van der Waals surface area contributed by atoms with Crippen molar-refractivity contribution in [3.05, 3.63) is 29.8 Å². The lowest BCUT2D eigenvalue weighted by molar-refractivity contribution is -0.136. The number of hydrogen-bond donors (Lipinski definition) is 1. The van der Waals surface area contributed by atoms with Gasteiger partial charge in [0.15, 0.2) is 0 Å². The smallest absolute Gasteiger partial charge is 0.387 e. The molecular formula is C18H24ClF2N3O3. The Balaban J connectivity index is 0.00000261. The minimum atomic E-state index is -2.99. The van der Waals surface area contributed by atoms with E-state index < -0.39 is 6.61 Å². The summed E-state index contributed by atoms with van der Waals surface area (Å²) in [5.41, 5.74) is 5.98. The third kappa shape index (κ3) is 5.07. The number of carbonyl (C=O) groups is 2. The van der Waals surface area contributed by atoms with Crippen LogP contribution in [0.4, 0.5) is 8.78 Å². The van der Waals surface area contributed by atoms with E-state index in [1.165, 1.54) is 18.2 Å². The van der Waals surface area contributed by atoms with Gasteiger partial charge >= 0.3 is 6.61 Å². The zero-order chi connectivity index (χ0) is 18.7. The Labute approximate surface area is 163 Å². The van der Waals surface area contributed by atoms with Crippen molar-refractivity contribution in [1.82, 2.24) is 9.80 Å². The van der Waals surface area contributed by atoms with Gasteiger partial charge in [-0.05, 0) is 31.4 Å². The first-order valence-corrected chi connectivity index (χ1v) is 8.83. The van der Waals surface area contributed by atoms with Crippen LogP contribution in [0.3, 0.4) is 0 Å². The molecule has 1 saturated carbocycles. The van der Waals surface area contributed by atoms with Crippen molar-refractivity contribution in [3.8, 4) is 5.75 Å². The number of rotatable bonds is 4. The molecule has 6 nitrogen and oxygen atoms in total. The molecule has 2 atom stereocenters. The molecule has 1 saturated heterocycles. The fourth-order valence-electron chi connectivity index (χ4n) is 3.64. The fraction of sp³-hybridized carbons (Fsp3) is 0.556. The first kappa shape index (κ1) is 21.4. The van der Waals surface area contributed by atoms with E-state index >= 15 is 0 Å². The van der Waals surface area contributed by atoms with Gasteiger partial charge in [-0.15, -0.1) is 12.4 Å². The molecule has 0 bridgehead atoms. The molecule has 3 rings (SSSR count). The minimum absolute atomic E-state index is 0. The van der Waals surface area contributed by atoms with Gasteiger partial charge in [0.25, 0.3) is 5.91 Å². The second-order valence-electron chi connectivity index (χ2n) is 6.76. The number of nitrogens with zero attached hydrogens (tertiary/aromatic N) is 2. The topological polar surface area (TPSA) is 75.9 Å². The minimum Gasteiger partial charge on any atom is -0.434 e. The van der Waals surface area contributed by atoms with Crippen LogP contribution >= 0.6 is 12.4 Å². The number of piperazine rings is 1. The molecule has 0 aromatic heterocycles. The Morgan fingerprint density at radius 3 is 2.30 bits per heavy atom. The molecule has 1 aromatic carbocycles. The standard InChI is InChI=1S/C18H23F2N3O3.ClH/c19-18(20)26-15-4-2-1-3-14(15)17(25)23-9-7-22(8-10-23)16(24)12-5-6-13(21)11-12;/h1-4,12-13,18H,5-11,21H2;1H. The molecule has 2 unspecified atom stereocenters. The number of para-hydroxylation sites is 1. The lowest BCUT2D eigenvalue weighted by Crippen LogP contribution is -2.51. The van der Waals surface area contributed by atoms with Gasteiger partial charge in [0.2, 0.25) is 5.91 Å². The third-order valence-corrected chi connectivity index (χ3v) is 5.03. The predicted octanol–water partition coefficient (Wildman–Crippen LogP) is 2.12. The number of halogens is 3. The summed E-state index contributed by atoms with van der Waals surface area (Å²) in [5.74, 6) is -0.416. The number of amides is 2. The summed E-state index contributed by atoms with van der Waals surface area (Å²) < 4.78 is 29.5. The van der Waals surface area contributed by atoms with Gasteiger partial charge in [-0.1, -0.05) is 12.1 Å². The van der Waals surface area contributed by atoms with E-state index in [-0.39, 0.29) is 47.5 Å². The van der Waals surface area contributed by atoms with Crippen LogP contribution < -0.4 is 10.5 Å². The molecule has 2 aliphatic rings. The summed E-state index contributed by atoms with van der Waals surface area (Å²) in [6, 6.07) is 6.06. The molecule has 9 heteroatoms. The molecule has 1 heterocycles. The van der Waals surface area contributed by atoms with Crippen LogP contribution in [-0.2, 0) is 4.79 Å². The summed E-state index contributed by atoms with van der Waals surface area (Å²) in [7, 11) is 0. The molecule has 2 fully saturated rings. The van der Waals surface area contributed by atoms with Crippen LogP contribution in [0.2, 0.25) is 0 Å². The maximum Gasteiger partial charge on any atom is 0.387 e. The molecule has 1 aromatic rings. The molecule has 150 valence electrons. The maximum atomic E-state index is 12.7. The highest BCUT2D eigenvalue weighted by molar-refractivity contribution is 5.97. The SMILES string of the molecule is Cl.NC1CCC(C(=O)N2CCN(C(=O)c3ccccc3OC(F)F)CC2)C1. The van der Waals surface area contributed by atoms with E-state index in [1.54, 1.807) is 15.9 Å². The van der Waals surface area contributed by atoms with E-state index in [0.717, 1.165) is 19.3 Å². The Hall–Kier alpha value is -1.93. The van der Waals surface area contributed by atoms with Gasteiger partial charge in [0, 0.05) is 38.1 Å². The van der Waals surface area contributed by atoms with Gasteiger partial charge < -0.3 is 20.3 Å². The van der Waals surface area contributed by atoms with Crippen LogP contribution in [0.1, 0.15) is 29.6 Å². The van der Waals surface area contributed by atoms with Gasteiger partial charge in [-0.25, -0.2) is 0 Å². The number of carbonyl (C=O) groups excluding carboxylic acids is 2. The summed E-state index contributed by atoms with van der Waals surface area (Å²) >= 11 is 0.